The Morgan fingerprint density at radius 2 is 1.95 bits per heavy atom. The molecule has 0 aliphatic heterocycles. The van der Waals surface area contributed by atoms with Crippen LogP contribution in [-0.4, -0.2) is 9.78 Å². The van der Waals surface area contributed by atoms with Crippen molar-refractivity contribution in [3.63, 3.8) is 0 Å². The Labute approximate surface area is 116 Å². The first-order valence-corrected chi connectivity index (χ1v) is 6.99. The first-order chi connectivity index (χ1) is 9.18. The smallest absolute Gasteiger partial charge is 0.130 e. The van der Waals surface area contributed by atoms with Gasteiger partial charge in [0.25, 0.3) is 0 Å². The van der Waals surface area contributed by atoms with Gasteiger partial charge in [-0.25, -0.2) is 0 Å². The van der Waals surface area contributed by atoms with Gasteiger partial charge < -0.3 is 5.73 Å². The summed E-state index contributed by atoms with van der Waals surface area (Å²) < 4.78 is 1.75. The molecule has 19 heavy (non-hydrogen) atoms. The maximum atomic E-state index is 6.19. The maximum Gasteiger partial charge on any atom is 0.130 e. The predicted octanol–water partition coefficient (Wildman–Crippen LogP) is 3.71. The summed E-state index contributed by atoms with van der Waals surface area (Å²) in [4.78, 5) is 1.16. The Bertz CT molecular complexity index is 711. The normalized spacial score (nSPS) is 10.8. The molecule has 0 bridgehead atoms. The largest absolute Gasteiger partial charge is 0.383 e. The molecular weight excluding hydrogens is 254 g/mol. The van der Waals surface area contributed by atoms with Crippen LogP contribution < -0.4 is 5.73 Å². The molecule has 0 atom stereocenters. The molecule has 0 fully saturated rings. The molecule has 3 nitrogen and oxygen atoms in total. The van der Waals surface area contributed by atoms with Crippen LogP contribution in [0.3, 0.4) is 0 Å². The summed E-state index contributed by atoms with van der Waals surface area (Å²) in [6.45, 7) is 2.10. The lowest BCUT2D eigenvalue weighted by molar-refractivity contribution is 0.782. The van der Waals surface area contributed by atoms with Crippen LogP contribution in [0.1, 0.15) is 5.56 Å². The van der Waals surface area contributed by atoms with Crippen molar-refractivity contribution in [1.29, 1.82) is 0 Å². The van der Waals surface area contributed by atoms with Gasteiger partial charge in [-0.2, -0.15) is 5.10 Å². The van der Waals surface area contributed by atoms with Crippen LogP contribution in [0, 0.1) is 6.92 Å². The fourth-order valence-electron chi connectivity index (χ4n) is 2.23. The highest BCUT2D eigenvalue weighted by molar-refractivity contribution is 7.13. The lowest BCUT2D eigenvalue weighted by atomic mass is 10.0. The van der Waals surface area contributed by atoms with Gasteiger partial charge in [-0.1, -0.05) is 30.3 Å². The molecule has 4 heteroatoms. The highest BCUT2D eigenvalue weighted by Crippen LogP contribution is 2.38. The van der Waals surface area contributed by atoms with Crippen LogP contribution >= 0.6 is 11.3 Å². The van der Waals surface area contributed by atoms with Gasteiger partial charge in [0.15, 0.2) is 0 Å². The molecular formula is C15H15N3S. The van der Waals surface area contributed by atoms with Gasteiger partial charge in [-0.3, -0.25) is 4.68 Å². The molecule has 0 amide bonds. The SMILES string of the molecule is Cc1ccccc1-c1nn(C)c(N)c1-c1cccs1. The third-order valence-corrected chi connectivity index (χ3v) is 4.15. The average Bonchev–Trinajstić information content (AvgIpc) is 3.00. The van der Waals surface area contributed by atoms with Crippen molar-refractivity contribution in [1.82, 2.24) is 9.78 Å². The van der Waals surface area contributed by atoms with Crippen LogP contribution in [0.2, 0.25) is 0 Å². The number of anilines is 1. The number of rotatable bonds is 2. The average molecular weight is 269 g/mol. The quantitative estimate of drug-likeness (QED) is 0.770. The summed E-state index contributed by atoms with van der Waals surface area (Å²) >= 11 is 1.68. The summed E-state index contributed by atoms with van der Waals surface area (Å²) in [5.41, 5.74) is 10.5. The second-order valence-electron chi connectivity index (χ2n) is 4.52. The minimum atomic E-state index is 0.709. The van der Waals surface area contributed by atoms with Gasteiger partial charge in [-0.05, 0) is 23.9 Å². The zero-order chi connectivity index (χ0) is 13.4. The van der Waals surface area contributed by atoms with Crippen molar-refractivity contribution in [2.24, 2.45) is 7.05 Å². The van der Waals surface area contributed by atoms with E-state index in [4.69, 9.17) is 5.73 Å². The molecule has 0 spiro atoms. The number of aromatic nitrogens is 2. The molecule has 0 aliphatic rings. The topological polar surface area (TPSA) is 43.8 Å². The lowest BCUT2D eigenvalue weighted by Crippen LogP contribution is -1.97. The molecule has 0 saturated carbocycles. The number of hydrogen-bond acceptors (Lipinski definition) is 3. The Balaban J connectivity index is 2.29. The van der Waals surface area contributed by atoms with Gasteiger partial charge in [0.1, 0.15) is 11.5 Å². The van der Waals surface area contributed by atoms with Gasteiger partial charge in [-0.15, -0.1) is 11.3 Å². The first-order valence-electron chi connectivity index (χ1n) is 6.11. The molecule has 3 rings (SSSR count). The number of benzene rings is 1. The number of hydrogen-bond donors (Lipinski definition) is 1. The second-order valence-corrected chi connectivity index (χ2v) is 5.47. The van der Waals surface area contributed by atoms with Crippen molar-refractivity contribution in [3.8, 4) is 21.7 Å². The number of aryl methyl sites for hydroxylation is 2. The third kappa shape index (κ3) is 1.94. The Kier molecular flexibility index (Phi) is 2.87. The van der Waals surface area contributed by atoms with E-state index in [1.165, 1.54) is 5.56 Å². The van der Waals surface area contributed by atoms with Crippen LogP contribution in [0.4, 0.5) is 5.82 Å². The van der Waals surface area contributed by atoms with E-state index in [2.05, 4.69) is 35.6 Å². The molecule has 2 N–H and O–H groups in total. The molecule has 0 aliphatic carbocycles. The Morgan fingerprint density at radius 3 is 2.63 bits per heavy atom. The molecule has 3 aromatic rings. The van der Waals surface area contributed by atoms with Crippen molar-refractivity contribution in [2.75, 3.05) is 5.73 Å². The van der Waals surface area contributed by atoms with Gasteiger partial charge in [0.05, 0.1) is 5.56 Å². The van der Waals surface area contributed by atoms with E-state index < -0.39 is 0 Å². The minimum absolute atomic E-state index is 0.709. The van der Waals surface area contributed by atoms with E-state index in [0.29, 0.717) is 5.82 Å². The molecule has 1 aromatic carbocycles. The van der Waals surface area contributed by atoms with Crippen LogP contribution in [0.5, 0.6) is 0 Å². The second kappa shape index (κ2) is 4.55. The van der Waals surface area contributed by atoms with Crippen LogP contribution in [0.25, 0.3) is 21.7 Å². The number of nitrogens with two attached hydrogens (primary N) is 1. The third-order valence-electron chi connectivity index (χ3n) is 3.26. The Hall–Kier alpha value is -2.07. The molecule has 2 heterocycles. The maximum absolute atomic E-state index is 6.19. The monoisotopic (exact) mass is 269 g/mol. The standard InChI is InChI=1S/C15H15N3S/c1-10-6-3-4-7-11(10)14-13(12-8-5-9-19-12)15(16)18(2)17-14/h3-9H,16H2,1-2H3. The summed E-state index contributed by atoms with van der Waals surface area (Å²) in [5.74, 6) is 0.709. The molecule has 0 unspecified atom stereocenters. The van der Waals surface area contributed by atoms with Gasteiger partial charge in [0, 0.05) is 17.5 Å². The highest BCUT2D eigenvalue weighted by atomic mass is 32.1. The fraction of sp³-hybridized carbons (Fsp3) is 0.133. The predicted molar refractivity (Wildman–Crippen MR) is 81.1 cm³/mol. The van der Waals surface area contributed by atoms with E-state index >= 15 is 0 Å². The van der Waals surface area contributed by atoms with Gasteiger partial charge in [0.2, 0.25) is 0 Å². The highest BCUT2D eigenvalue weighted by Gasteiger charge is 2.18. The minimum Gasteiger partial charge on any atom is -0.383 e. The zero-order valence-electron chi connectivity index (χ0n) is 10.9. The zero-order valence-corrected chi connectivity index (χ0v) is 11.7. The summed E-state index contributed by atoms with van der Waals surface area (Å²) in [5, 5.41) is 6.65. The van der Waals surface area contributed by atoms with Crippen LogP contribution in [-0.2, 0) is 7.05 Å². The van der Waals surface area contributed by atoms with Gasteiger partial charge >= 0.3 is 0 Å². The Morgan fingerprint density at radius 1 is 1.16 bits per heavy atom. The first kappa shape index (κ1) is 12.0. The number of nitrogens with zero attached hydrogens (tertiary/aromatic N) is 2. The van der Waals surface area contributed by atoms with E-state index in [0.717, 1.165) is 21.7 Å². The van der Waals surface area contributed by atoms with Crippen LogP contribution in [0.15, 0.2) is 41.8 Å². The summed E-state index contributed by atoms with van der Waals surface area (Å²) in [6, 6.07) is 12.4. The fourth-order valence-corrected chi connectivity index (χ4v) is 3.01. The molecule has 96 valence electrons. The van der Waals surface area contributed by atoms with E-state index in [1.807, 2.05) is 25.2 Å². The number of nitrogen functional groups attached to an aromatic ring is 1. The van der Waals surface area contributed by atoms with E-state index in [1.54, 1.807) is 16.0 Å². The van der Waals surface area contributed by atoms with E-state index in [9.17, 15) is 0 Å². The number of thiophene rings is 1. The summed E-state index contributed by atoms with van der Waals surface area (Å²) in [7, 11) is 1.88. The molecule has 0 radical (unpaired) electrons. The summed E-state index contributed by atoms with van der Waals surface area (Å²) in [6.07, 6.45) is 0. The molecule has 2 aromatic heterocycles. The van der Waals surface area contributed by atoms with Crippen molar-refractivity contribution >= 4 is 17.2 Å². The van der Waals surface area contributed by atoms with Crippen molar-refractivity contribution in [3.05, 3.63) is 47.3 Å². The molecule has 0 saturated heterocycles. The lowest BCUT2D eigenvalue weighted by Gasteiger charge is -2.04. The van der Waals surface area contributed by atoms with Crippen molar-refractivity contribution in [2.45, 2.75) is 6.92 Å². The van der Waals surface area contributed by atoms with Crippen molar-refractivity contribution < 1.29 is 0 Å². The van der Waals surface area contributed by atoms with E-state index in [-0.39, 0.29) is 0 Å².